The lowest BCUT2D eigenvalue weighted by Gasteiger charge is -2.10. The van der Waals surface area contributed by atoms with E-state index in [1.165, 1.54) is 13.0 Å². The molecule has 0 aromatic heterocycles. The predicted octanol–water partition coefficient (Wildman–Crippen LogP) is 4.77. The van der Waals surface area contributed by atoms with Gasteiger partial charge in [0.2, 0.25) is 0 Å². The maximum absolute atomic E-state index is 12.5. The van der Waals surface area contributed by atoms with Crippen LogP contribution in [0.2, 0.25) is 5.02 Å². The average Bonchev–Trinajstić information content (AvgIpc) is 2.68. The van der Waals surface area contributed by atoms with Crippen molar-refractivity contribution in [3.05, 3.63) is 88.9 Å². The Labute approximate surface area is 172 Å². The fourth-order valence-corrected chi connectivity index (χ4v) is 2.68. The number of hydrogen-bond acceptors (Lipinski definition) is 4. The second-order valence-corrected chi connectivity index (χ2v) is 6.55. The Bertz CT molecular complexity index is 1060. The molecule has 6 nitrogen and oxygen atoms in total. The number of anilines is 2. The molecule has 29 heavy (non-hydrogen) atoms. The molecular formula is C22H17ClN2O4. The van der Waals surface area contributed by atoms with E-state index in [2.05, 4.69) is 10.6 Å². The Kier molecular flexibility index (Phi) is 6.26. The Hall–Kier alpha value is -3.64. The van der Waals surface area contributed by atoms with Gasteiger partial charge < -0.3 is 15.4 Å². The lowest BCUT2D eigenvalue weighted by Crippen LogP contribution is -2.14. The molecule has 2 amide bonds. The molecule has 2 N–H and O–H groups in total. The van der Waals surface area contributed by atoms with Crippen LogP contribution in [0, 0.1) is 0 Å². The number of carbonyl (C=O) groups excluding carboxylic acids is 3. The minimum Gasteiger partial charge on any atom is -0.427 e. The van der Waals surface area contributed by atoms with Gasteiger partial charge in [0.15, 0.2) is 0 Å². The molecule has 0 bridgehead atoms. The quantitative estimate of drug-likeness (QED) is 0.470. The van der Waals surface area contributed by atoms with Crippen molar-refractivity contribution in [1.29, 1.82) is 0 Å². The van der Waals surface area contributed by atoms with Gasteiger partial charge in [0.05, 0.1) is 0 Å². The summed E-state index contributed by atoms with van der Waals surface area (Å²) in [5, 5.41) is 6.07. The number of esters is 1. The fraction of sp³-hybridized carbons (Fsp3) is 0.0455. The van der Waals surface area contributed by atoms with E-state index in [0.29, 0.717) is 27.5 Å². The molecule has 3 rings (SSSR count). The van der Waals surface area contributed by atoms with Crippen LogP contribution in [0.5, 0.6) is 5.75 Å². The highest BCUT2D eigenvalue weighted by Gasteiger charge is 2.10. The van der Waals surface area contributed by atoms with Crippen LogP contribution in [-0.4, -0.2) is 17.8 Å². The minimum absolute atomic E-state index is 0.286. The van der Waals surface area contributed by atoms with Crippen molar-refractivity contribution in [3.8, 4) is 5.75 Å². The third-order valence-electron chi connectivity index (χ3n) is 3.84. The van der Waals surface area contributed by atoms with Crippen LogP contribution in [0.4, 0.5) is 11.4 Å². The van der Waals surface area contributed by atoms with E-state index in [1.54, 1.807) is 66.7 Å². The molecule has 0 heterocycles. The number of nitrogens with one attached hydrogen (secondary N) is 2. The number of hydrogen-bond donors (Lipinski definition) is 2. The molecule has 0 spiro atoms. The Balaban J connectivity index is 1.69. The van der Waals surface area contributed by atoms with E-state index >= 15 is 0 Å². The summed E-state index contributed by atoms with van der Waals surface area (Å²) in [5.41, 5.74) is 1.82. The smallest absolute Gasteiger partial charge is 0.308 e. The van der Waals surface area contributed by atoms with E-state index in [0.717, 1.165) is 0 Å². The molecule has 146 valence electrons. The molecule has 0 saturated carbocycles. The first-order valence-corrected chi connectivity index (χ1v) is 9.05. The topological polar surface area (TPSA) is 84.5 Å². The van der Waals surface area contributed by atoms with Crippen LogP contribution in [-0.2, 0) is 4.79 Å². The maximum atomic E-state index is 12.5. The number of halogens is 1. The standard InChI is InChI=1S/C22H17ClN2O4/c1-14(26)29-20-7-2-4-16(12-20)22(28)25-19-6-3-5-18(13-19)24-21(27)15-8-10-17(23)11-9-15/h2-13H,1H3,(H,24,27)(H,25,28). The zero-order valence-electron chi connectivity index (χ0n) is 15.4. The average molecular weight is 409 g/mol. The van der Waals surface area contributed by atoms with Crippen molar-refractivity contribution in [2.45, 2.75) is 6.92 Å². The van der Waals surface area contributed by atoms with Crippen LogP contribution in [0.15, 0.2) is 72.8 Å². The van der Waals surface area contributed by atoms with Gasteiger partial charge in [-0.05, 0) is 60.7 Å². The normalized spacial score (nSPS) is 10.1. The maximum Gasteiger partial charge on any atom is 0.308 e. The summed E-state index contributed by atoms with van der Waals surface area (Å²) < 4.78 is 4.99. The van der Waals surface area contributed by atoms with Gasteiger partial charge in [0, 0.05) is 34.4 Å². The monoisotopic (exact) mass is 408 g/mol. The van der Waals surface area contributed by atoms with Crippen LogP contribution in [0.1, 0.15) is 27.6 Å². The molecule has 0 saturated heterocycles. The molecular weight excluding hydrogens is 392 g/mol. The van der Waals surface area contributed by atoms with Gasteiger partial charge in [-0.25, -0.2) is 0 Å². The number of ether oxygens (including phenoxy) is 1. The molecule has 0 atom stereocenters. The SMILES string of the molecule is CC(=O)Oc1cccc(C(=O)Nc2cccc(NC(=O)c3ccc(Cl)cc3)c2)c1. The van der Waals surface area contributed by atoms with Gasteiger partial charge in [0.25, 0.3) is 11.8 Å². The molecule has 7 heteroatoms. The number of carbonyl (C=O) groups is 3. The van der Waals surface area contributed by atoms with E-state index < -0.39 is 5.97 Å². The lowest BCUT2D eigenvalue weighted by atomic mass is 10.2. The van der Waals surface area contributed by atoms with Gasteiger partial charge >= 0.3 is 5.97 Å². The second kappa shape index (κ2) is 9.03. The predicted molar refractivity (Wildman–Crippen MR) is 112 cm³/mol. The first-order valence-electron chi connectivity index (χ1n) is 8.67. The third kappa shape index (κ3) is 5.67. The molecule has 0 aliphatic carbocycles. The van der Waals surface area contributed by atoms with Crippen molar-refractivity contribution in [2.24, 2.45) is 0 Å². The largest absolute Gasteiger partial charge is 0.427 e. The van der Waals surface area contributed by atoms with Crippen molar-refractivity contribution in [2.75, 3.05) is 10.6 Å². The summed E-state index contributed by atoms with van der Waals surface area (Å²) in [6, 6.07) is 19.6. The van der Waals surface area contributed by atoms with Crippen LogP contribution < -0.4 is 15.4 Å². The molecule has 0 fully saturated rings. The first-order chi connectivity index (χ1) is 13.9. The van der Waals surface area contributed by atoms with Gasteiger partial charge in [-0.3, -0.25) is 14.4 Å². The van der Waals surface area contributed by atoms with E-state index in [4.69, 9.17) is 16.3 Å². The van der Waals surface area contributed by atoms with Crippen molar-refractivity contribution >= 4 is 40.8 Å². The number of amides is 2. The molecule has 0 aliphatic rings. The zero-order valence-corrected chi connectivity index (χ0v) is 16.2. The first kappa shape index (κ1) is 20.1. The lowest BCUT2D eigenvalue weighted by molar-refractivity contribution is -0.131. The summed E-state index contributed by atoms with van der Waals surface area (Å²) in [6.07, 6.45) is 0. The Morgan fingerprint density at radius 1 is 0.759 bits per heavy atom. The van der Waals surface area contributed by atoms with Crippen LogP contribution in [0.3, 0.4) is 0 Å². The second-order valence-electron chi connectivity index (χ2n) is 6.12. The van der Waals surface area contributed by atoms with Crippen molar-refractivity contribution < 1.29 is 19.1 Å². The van der Waals surface area contributed by atoms with Crippen LogP contribution >= 0.6 is 11.6 Å². The summed E-state index contributed by atoms with van der Waals surface area (Å²) in [4.78, 5) is 35.9. The fourth-order valence-electron chi connectivity index (χ4n) is 2.55. The molecule has 3 aromatic carbocycles. The van der Waals surface area contributed by atoms with Gasteiger partial charge in [0.1, 0.15) is 5.75 Å². The Morgan fingerprint density at radius 2 is 1.34 bits per heavy atom. The summed E-state index contributed by atoms with van der Waals surface area (Å²) in [5.74, 6) is -0.847. The highest BCUT2D eigenvalue weighted by molar-refractivity contribution is 6.30. The third-order valence-corrected chi connectivity index (χ3v) is 4.09. The van der Waals surface area contributed by atoms with Crippen molar-refractivity contribution in [1.82, 2.24) is 0 Å². The number of benzene rings is 3. The van der Waals surface area contributed by atoms with Gasteiger partial charge in [-0.2, -0.15) is 0 Å². The molecule has 0 radical (unpaired) electrons. The van der Waals surface area contributed by atoms with Crippen LogP contribution in [0.25, 0.3) is 0 Å². The minimum atomic E-state index is -0.466. The van der Waals surface area contributed by atoms with Crippen molar-refractivity contribution in [3.63, 3.8) is 0 Å². The highest BCUT2D eigenvalue weighted by Crippen LogP contribution is 2.19. The summed E-state index contributed by atoms with van der Waals surface area (Å²) in [6.45, 7) is 1.29. The number of rotatable bonds is 5. The molecule has 0 aliphatic heterocycles. The molecule has 0 unspecified atom stereocenters. The molecule has 3 aromatic rings. The van der Waals surface area contributed by atoms with E-state index in [9.17, 15) is 14.4 Å². The Morgan fingerprint density at radius 3 is 1.97 bits per heavy atom. The van der Waals surface area contributed by atoms with Gasteiger partial charge in [-0.1, -0.05) is 23.7 Å². The van der Waals surface area contributed by atoms with E-state index in [-0.39, 0.29) is 17.6 Å². The van der Waals surface area contributed by atoms with Gasteiger partial charge in [-0.15, -0.1) is 0 Å². The summed E-state index contributed by atoms with van der Waals surface area (Å²) >= 11 is 5.83. The highest BCUT2D eigenvalue weighted by atomic mass is 35.5. The zero-order chi connectivity index (χ0) is 20.8. The van der Waals surface area contributed by atoms with E-state index in [1.807, 2.05) is 0 Å². The summed E-state index contributed by atoms with van der Waals surface area (Å²) in [7, 11) is 0.